The quantitative estimate of drug-likeness (QED) is 0.854. The number of hydrogen-bond acceptors (Lipinski definition) is 4. The molecule has 6 nitrogen and oxygen atoms in total. The zero-order valence-corrected chi connectivity index (χ0v) is 16.2. The molecule has 6 heteroatoms. The second kappa shape index (κ2) is 7.98. The summed E-state index contributed by atoms with van der Waals surface area (Å²) in [7, 11) is 0. The first-order valence-electron chi connectivity index (χ1n) is 9.10. The molecule has 1 saturated heterocycles. The molecule has 144 valence electrons. The Balaban J connectivity index is 2.15. The van der Waals surface area contributed by atoms with Crippen LogP contribution in [0.5, 0.6) is 5.75 Å². The minimum Gasteiger partial charge on any atom is -0.488 e. The van der Waals surface area contributed by atoms with Gasteiger partial charge < -0.3 is 14.6 Å². The van der Waals surface area contributed by atoms with Crippen molar-refractivity contribution in [3.05, 3.63) is 29.8 Å². The van der Waals surface area contributed by atoms with Crippen molar-refractivity contribution < 1.29 is 24.2 Å². The summed E-state index contributed by atoms with van der Waals surface area (Å²) in [6, 6.07) is 6.85. The third-order valence-corrected chi connectivity index (χ3v) is 4.53. The molecule has 0 radical (unpaired) electrons. The predicted octanol–water partition coefficient (Wildman–Crippen LogP) is 4.04. The van der Waals surface area contributed by atoms with Crippen LogP contribution in [0.1, 0.15) is 58.9 Å². The van der Waals surface area contributed by atoms with Crippen molar-refractivity contribution in [3.63, 3.8) is 0 Å². The number of carboxylic acids is 1. The lowest BCUT2D eigenvalue weighted by atomic mass is 9.98. The summed E-state index contributed by atoms with van der Waals surface area (Å²) < 4.78 is 11.5. The van der Waals surface area contributed by atoms with Gasteiger partial charge in [-0.25, -0.2) is 9.59 Å². The Morgan fingerprint density at radius 1 is 1.31 bits per heavy atom. The van der Waals surface area contributed by atoms with Crippen LogP contribution in [0.2, 0.25) is 0 Å². The summed E-state index contributed by atoms with van der Waals surface area (Å²) in [6.07, 6.45) is 0.219. The molecule has 1 N–H and O–H groups in total. The van der Waals surface area contributed by atoms with Gasteiger partial charge in [0.05, 0.1) is 6.54 Å². The minimum absolute atomic E-state index is 0.195. The van der Waals surface area contributed by atoms with Crippen molar-refractivity contribution in [2.75, 3.05) is 6.54 Å². The van der Waals surface area contributed by atoms with Gasteiger partial charge in [-0.2, -0.15) is 0 Å². The lowest BCUT2D eigenvalue weighted by Gasteiger charge is -2.26. The lowest BCUT2D eigenvalue weighted by Crippen LogP contribution is -2.43. The Bertz CT molecular complexity index is 652. The van der Waals surface area contributed by atoms with Crippen molar-refractivity contribution in [1.29, 1.82) is 0 Å². The van der Waals surface area contributed by atoms with E-state index >= 15 is 0 Å². The summed E-state index contributed by atoms with van der Waals surface area (Å²) in [6.45, 7) is 9.71. The van der Waals surface area contributed by atoms with Crippen LogP contribution >= 0.6 is 0 Å². The molecule has 0 aromatic heterocycles. The van der Waals surface area contributed by atoms with E-state index in [4.69, 9.17) is 9.47 Å². The highest BCUT2D eigenvalue weighted by Crippen LogP contribution is 2.32. The first-order valence-corrected chi connectivity index (χ1v) is 9.10. The van der Waals surface area contributed by atoms with Crippen LogP contribution in [0, 0.1) is 0 Å². The van der Waals surface area contributed by atoms with Gasteiger partial charge in [0.1, 0.15) is 23.5 Å². The van der Waals surface area contributed by atoms with Gasteiger partial charge in [-0.05, 0) is 44.7 Å². The Morgan fingerprint density at radius 3 is 2.54 bits per heavy atom. The SMILES string of the molecule is CC[C@H](C)c1ccccc1O[C@H]1C[C@@H](C(=O)O)N(C(=O)OC(C)(C)C)C1. The summed E-state index contributed by atoms with van der Waals surface area (Å²) in [5, 5.41) is 9.49. The fourth-order valence-electron chi connectivity index (χ4n) is 3.03. The lowest BCUT2D eigenvalue weighted by molar-refractivity contribution is -0.142. The van der Waals surface area contributed by atoms with E-state index in [0.29, 0.717) is 5.92 Å². The van der Waals surface area contributed by atoms with E-state index in [1.54, 1.807) is 20.8 Å². The fourth-order valence-corrected chi connectivity index (χ4v) is 3.03. The number of benzene rings is 1. The van der Waals surface area contributed by atoms with Crippen molar-refractivity contribution >= 4 is 12.1 Å². The molecule has 1 aliphatic rings. The second-order valence-corrected chi connectivity index (χ2v) is 7.81. The van der Waals surface area contributed by atoms with Crippen molar-refractivity contribution in [2.45, 2.75) is 71.1 Å². The normalized spacial score (nSPS) is 21.3. The van der Waals surface area contributed by atoms with Gasteiger partial charge in [-0.15, -0.1) is 0 Å². The highest BCUT2D eigenvalue weighted by molar-refractivity contribution is 5.81. The average Bonchev–Trinajstić information content (AvgIpc) is 2.97. The minimum atomic E-state index is -1.04. The number of amides is 1. The standard InChI is InChI=1S/C20H29NO5/c1-6-13(2)15-9-7-8-10-17(15)25-14-11-16(18(22)23)21(12-14)19(24)26-20(3,4)5/h7-10,13-14,16H,6,11-12H2,1-5H3,(H,22,23)/t13-,14-,16-/m0/s1. The molecule has 0 bridgehead atoms. The molecule has 26 heavy (non-hydrogen) atoms. The third kappa shape index (κ3) is 4.90. The maximum atomic E-state index is 12.4. The fraction of sp³-hybridized carbons (Fsp3) is 0.600. The van der Waals surface area contributed by atoms with Gasteiger partial charge in [-0.1, -0.05) is 32.0 Å². The van der Waals surface area contributed by atoms with Crippen LogP contribution in [0.15, 0.2) is 24.3 Å². The topological polar surface area (TPSA) is 76.1 Å². The molecule has 1 fully saturated rings. The Kier molecular flexibility index (Phi) is 6.16. The number of ether oxygens (including phenoxy) is 2. The molecule has 1 aromatic carbocycles. The van der Waals surface area contributed by atoms with E-state index in [1.165, 1.54) is 4.90 Å². The van der Waals surface area contributed by atoms with Crippen molar-refractivity contribution in [3.8, 4) is 5.75 Å². The largest absolute Gasteiger partial charge is 0.488 e. The first kappa shape index (κ1) is 20.1. The summed E-state index contributed by atoms with van der Waals surface area (Å²) in [4.78, 5) is 25.2. The molecule has 1 heterocycles. The van der Waals surface area contributed by atoms with E-state index in [1.807, 2.05) is 24.3 Å². The van der Waals surface area contributed by atoms with E-state index < -0.39 is 23.7 Å². The Labute approximate surface area is 155 Å². The number of hydrogen-bond donors (Lipinski definition) is 1. The van der Waals surface area contributed by atoms with Crippen LogP contribution in [0.25, 0.3) is 0 Å². The van der Waals surface area contributed by atoms with E-state index in [2.05, 4.69) is 13.8 Å². The molecule has 1 amide bonds. The number of carbonyl (C=O) groups is 2. The monoisotopic (exact) mass is 363 g/mol. The van der Waals surface area contributed by atoms with Gasteiger partial charge in [0, 0.05) is 6.42 Å². The number of carbonyl (C=O) groups excluding carboxylic acids is 1. The van der Waals surface area contributed by atoms with Crippen molar-refractivity contribution in [2.24, 2.45) is 0 Å². The summed E-state index contributed by atoms with van der Waals surface area (Å²) in [5.74, 6) is 0.0454. The van der Waals surface area contributed by atoms with Crippen LogP contribution in [0.3, 0.4) is 0 Å². The van der Waals surface area contributed by atoms with Gasteiger partial charge in [0.2, 0.25) is 0 Å². The second-order valence-electron chi connectivity index (χ2n) is 7.81. The molecule has 1 aliphatic heterocycles. The van der Waals surface area contributed by atoms with E-state index in [9.17, 15) is 14.7 Å². The average molecular weight is 363 g/mol. The predicted molar refractivity (Wildman–Crippen MR) is 98.5 cm³/mol. The van der Waals surface area contributed by atoms with Crippen LogP contribution in [-0.4, -0.2) is 46.4 Å². The number of carboxylic acid groups (broad SMARTS) is 1. The zero-order valence-electron chi connectivity index (χ0n) is 16.2. The Morgan fingerprint density at radius 2 is 1.96 bits per heavy atom. The smallest absolute Gasteiger partial charge is 0.411 e. The first-order chi connectivity index (χ1) is 12.1. The molecule has 0 spiro atoms. The number of aliphatic carboxylic acids is 1. The summed E-state index contributed by atoms with van der Waals surface area (Å²) >= 11 is 0. The van der Waals surface area contributed by atoms with Gasteiger partial charge in [0.25, 0.3) is 0 Å². The van der Waals surface area contributed by atoms with Crippen LogP contribution in [0.4, 0.5) is 4.79 Å². The molecule has 0 saturated carbocycles. The number of likely N-dealkylation sites (tertiary alicyclic amines) is 1. The molecular weight excluding hydrogens is 334 g/mol. The molecular formula is C20H29NO5. The van der Waals surface area contributed by atoms with Gasteiger partial charge in [0.15, 0.2) is 0 Å². The maximum Gasteiger partial charge on any atom is 0.411 e. The molecule has 0 unspecified atom stereocenters. The number of nitrogens with zero attached hydrogens (tertiary/aromatic N) is 1. The van der Waals surface area contributed by atoms with Crippen LogP contribution in [-0.2, 0) is 9.53 Å². The highest BCUT2D eigenvalue weighted by Gasteiger charge is 2.42. The van der Waals surface area contributed by atoms with E-state index in [-0.39, 0.29) is 19.1 Å². The molecule has 1 aromatic rings. The van der Waals surface area contributed by atoms with Crippen LogP contribution < -0.4 is 4.74 Å². The third-order valence-electron chi connectivity index (χ3n) is 4.53. The molecule has 3 atom stereocenters. The van der Waals surface area contributed by atoms with E-state index in [0.717, 1.165) is 17.7 Å². The molecule has 2 rings (SSSR count). The number of rotatable bonds is 5. The highest BCUT2D eigenvalue weighted by atomic mass is 16.6. The Hall–Kier alpha value is -2.24. The summed E-state index contributed by atoms with van der Waals surface area (Å²) in [5.41, 5.74) is 0.417. The zero-order chi connectivity index (χ0) is 19.5. The van der Waals surface area contributed by atoms with Gasteiger partial charge in [-0.3, -0.25) is 4.90 Å². The van der Waals surface area contributed by atoms with Gasteiger partial charge >= 0.3 is 12.1 Å². The number of para-hydroxylation sites is 1. The molecule has 0 aliphatic carbocycles. The maximum absolute atomic E-state index is 12.4. The van der Waals surface area contributed by atoms with Crippen molar-refractivity contribution in [1.82, 2.24) is 4.90 Å².